The van der Waals surface area contributed by atoms with Crippen LogP contribution in [0.1, 0.15) is 45.2 Å². The van der Waals surface area contributed by atoms with E-state index in [4.69, 9.17) is 0 Å². The molecule has 0 aromatic heterocycles. The van der Waals surface area contributed by atoms with E-state index in [1.807, 2.05) is 7.05 Å². The molecule has 2 N–H and O–H groups in total. The fourth-order valence-electron chi connectivity index (χ4n) is 3.13. The zero-order valence-corrected chi connectivity index (χ0v) is 15.0. The Balaban J connectivity index is 2.05. The van der Waals surface area contributed by atoms with Crippen LogP contribution >= 0.6 is 0 Å². The van der Waals surface area contributed by atoms with E-state index in [9.17, 15) is 0 Å². The standard InChI is InChI=1S/C19H32N4/c1-15(2)22-19(20-4)21-14-18(17-8-6-5-7-9-17)23-12-10-16(3)11-13-23/h5-9,15-16,18H,10-14H2,1-4H3,(H2,20,21,22). The lowest BCUT2D eigenvalue weighted by molar-refractivity contribution is 0.138. The predicted octanol–water partition coefficient (Wildman–Crippen LogP) is 3.03. The Labute approximate surface area is 141 Å². The lowest BCUT2D eigenvalue weighted by Crippen LogP contribution is -2.46. The first-order chi connectivity index (χ1) is 11.1. The van der Waals surface area contributed by atoms with Crippen molar-refractivity contribution in [3.63, 3.8) is 0 Å². The van der Waals surface area contributed by atoms with Gasteiger partial charge < -0.3 is 10.6 Å². The Bertz CT molecular complexity index is 475. The van der Waals surface area contributed by atoms with Gasteiger partial charge in [-0.2, -0.15) is 0 Å². The molecule has 0 amide bonds. The Kier molecular flexibility index (Phi) is 6.90. The van der Waals surface area contributed by atoms with E-state index in [-0.39, 0.29) is 0 Å². The highest BCUT2D eigenvalue weighted by molar-refractivity contribution is 5.79. The third-order valence-electron chi connectivity index (χ3n) is 4.56. The molecule has 128 valence electrons. The van der Waals surface area contributed by atoms with Crippen LogP contribution in [-0.2, 0) is 0 Å². The molecule has 2 rings (SSSR count). The molecule has 1 aliphatic heterocycles. The molecule has 0 bridgehead atoms. The molecule has 1 saturated heterocycles. The molecule has 23 heavy (non-hydrogen) atoms. The second-order valence-corrected chi connectivity index (χ2v) is 6.90. The van der Waals surface area contributed by atoms with Gasteiger partial charge in [-0.1, -0.05) is 37.3 Å². The molecule has 1 atom stereocenters. The molecule has 1 aromatic rings. The maximum absolute atomic E-state index is 4.33. The number of rotatable bonds is 5. The normalized spacial score (nSPS) is 18.9. The number of piperidine rings is 1. The van der Waals surface area contributed by atoms with Crippen LogP contribution in [0, 0.1) is 5.92 Å². The summed E-state index contributed by atoms with van der Waals surface area (Å²) in [6, 6.07) is 11.6. The Morgan fingerprint density at radius 1 is 1.22 bits per heavy atom. The number of benzene rings is 1. The molecule has 0 aliphatic carbocycles. The number of hydrogen-bond acceptors (Lipinski definition) is 2. The summed E-state index contributed by atoms with van der Waals surface area (Å²) < 4.78 is 0. The van der Waals surface area contributed by atoms with Crippen molar-refractivity contribution < 1.29 is 0 Å². The van der Waals surface area contributed by atoms with Gasteiger partial charge in [0.05, 0.1) is 6.04 Å². The largest absolute Gasteiger partial charge is 0.354 e. The highest BCUT2D eigenvalue weighted by atomic mass is 15.2. The van der Waals surface area contributed by atoms with Crippen LogP contribution in [0.4, 0.5) is 0 Å². The molecule has 0 spiro atoms. The van der Waals surface area contributed by atoms with E-state index in [2.05, 4.69) is 71.6 Å². The molecule has 4 heteroatoms. The van der Waals surface area contributed by atoms with Crippen LogP contribution < -0.4 is 10.6 Å². The quantitative estimate of drug-likeness (QED) is 0.648. The summed E-state index contributed by atoms with van der Waals surface area (Å²) in [6.45, 7) is 9.87. The van der Waals surface area contributed by atoms with Crippen molar-refractivity contribution in [2.75, 3.05) is 26.7 Å². The molecular weight excluding hydrogens is 284 g/mol. The van der Waals surface area contributed by atoms with Gasteiger partial charge in [0.1, 0.15) is 0 Å². The van der Waals surface area contributed by atoms with E-state index in [0.29, 0.717) is 12.1 Å². The lowest BCUT2D eigenvalue weighted by atomic mass is 9.95. The molecular formula is C19H32N4. The Hall–Kier alpha value is -1.55. The molecule has 1 heterocycles. The summed E-state index contributed by atoms with van der Waals surface area (Å²) in [5.74, 6) is 1.73. The molecule has 1 unspecified atom stereocenters. The zero-order valence-electron chi connectivity index (χ0n) is 15.0. The van der Waals surface area contributed by atoms with Gasteiger partial charge >= 0.3 is 0 Å². The van der Waals surface area contributed by atoms with Gasteiger partial charge in [0.2, 0.25) is 0 Å². The van der Waals surface area contributed by atoms with Crippen molar-refractivity contribution in [1.29, 1.82) is 0 Å². The third kappa shape index (κ3) is 5.54. The maximum atomic E-state index is 4.33. The number of guanidine groups is 1. The van der Waals surface area contributed by atoms with Crippen LogP contribution in [0.25, 0.3) is 0 Å². The van der Waals surface area contributed by atoms with Crippen molar-refractivity contribution in [2.24, 2.45) is 10.9 Å². The Morgan fingerprint density at radius 2 is 1.87 bits per heavy atom. The molecule has 1 aromatic carbocycles. The van der Waals surface area contributed by atoms with Gasteiger partial charge in [0.15, 0.2) is 5.96 Å². The molecule has 1 aliphatic rings. The summed E-state index contributed by atoms with van der Waals surface area (Å²) >= 11 is 0. The summed E-state index contributed by atoms with van der Waals surface area (Å²) in [5, 5.41) is 6.87. The number of nitrogens with zero attached hydrogens (tertiary/aromatic N) is 2. The summed E-state index contributed by atoms with van der Waals surface area (Å²) in [7, 11) is 1.83. The van der Waals surface area contributed by atoms with E-state index < -0.39 is 0 Å². The van der Waals surface area contributed by atoms with Crippen molar-refractivity contribution in [3.05, 3.63) is 35.9 Å². The van der Waals surface area contributed by atoms with Gasteiger partial charge in [0.25, 0.3) is 0 Å². The topological polar surface area (TPSA) is 39.7 Å². The van der Waals surface area contributed by atoms with E-state index >= 15 is 0 Å². The van der Waals surface area contributed by atoms with Gasteiger partial charge in [-0.05, 0) is 51.3 Å². The fourth-order valence-corrected chi connectivity index (χ4v) is 3.13. The highest BCUT2D eigenvalue weighted by Crippen LogP contribution is 2.26. The maximum Gasteiger partial charge on any atom is 0.191 e. The van der Waals surface area contributed by atoms with Crippen molar-refractivity contribution in [2.45, 2.75) is 45.7 Å². The van der Waals surface area contributed by atoms with Crippen molar-refractivity contribution in [1.82, 2.24) is 15.5 Å². The van der Waals surface area contributed by atoms with E-state index in [1.54, 1.807) is 0 Å². The summed E-state index contributed by atoms with van der Waals surface area (Å²) in [6.07, 6.45) is 2.59. The van der Waals surface area contributed by atoms with E-state index in [0.717, 1.165) is 18.4 Å². The zero-order chi connectivity index (χ0) is 16.7. The number of likely N-dealkylation sites (tertiary alicyclic amines) is 1. The monoisotopic (exact) mass is 316 g/mol. The Morgan fingerprint density at radius 3 is 2.43 bits per heavy atom. The van der Waals surface area contributed by atoms with Gasteiger partial charge in [-0.3, -0.25) is 9.89 Å². The molecule has 0 saturated carbocycles. The number of aliphatic imine (C=N–C) groups is 1. The van der Waals surface area contributed by atoms with Crippen LogP contribution in [0.5, 0.6) is 0 Å². The average Bonchev–Trinajstić information content (AvgIpc) is 2.56. The van der Waals surface area contributed by atoms with Crippen molar-refractivity contribution >= 4 is 5.96 Å². The average molecular weight is 316 g/mol. The smallest absolute Gasteiger partial charge is 0.191 e. The van der Waals surface area contributed by atoms with Crippen LogP contribution in [0.15, 0.2) is 35.3 Å². The molecule has 0 radical (unpaired) electrons. The van der Waals surface area contributed by atoms with Gasteiger partial charge in [-0.25, -0.2) is 0 Å². The predicted molar refractivity (Wildman–Crippen MR) is 98.8 cm³/mol. The SMILES string of the molecule is CN=C(NCC(c1ccccc1)N1CCC(C)CC1)NC(C)C. The highest BCUT2D eigenvalue weighted by Gasteiger charge is 2.24. The fraction of sp³-hybridized carbons (Fsp3) is 0.632. The van der Waals surface area contributed by atoms with Gasteiger partial charge in [0, 0.05) is 19.6 Å². The summed E-state index contributed by atoms with van der Waals surface area (Å²) in [4.78, 5) is 6.94. The minimum atomic E-state index is 0.382. The lowest BCUT2D eigenvalue weighted by Gasteiger charge is -2.37. The first kappa shape index (κ1) is 17.8. The number of hydrogen-bond donors (Lipinski definition) is 2. The van der Waals surface area contributed by atoms with Gasteiger partial charge in [-0.15, -0.1) is 0 Å². The van der Waals surface area contributed by atoms with Crippen LogP contribution in [-0.4, -0.2) is 43.6 Å². The van der Waals surface area contributed by atoms with Crippen molar-refractivity contribution in [3.8, 4) is 0 Å². The van der Waals surface area contributed by atoms with Crippen LogP contribution in [0.2, 0.25) is 0 Å². The molecule has 1 fully saturated rings. The number of nitrogens with one attached hydrogen (secondary N) is 2. The molecule has 4 nitrogen and oxygen atoms in total. The second kappa shape index (κ2) is 8.92. The first-order valence-corrected chi connectivity index (χ1v) is 8.86. The minimum absolute atomic E-state index is 0.382. The first-order valence-electron chi connectivity index (χ1n) is 8.86. The second-order valence-electron chi connectivity index (χ2n) is 6.90. The third-order valence-corrected chi connectivity index (χ3v) is 4.56. The summed E-state index contributed by atoms with van der Waals surface area (Å²) in [5.41, 5.74) is 1.38. The van der Waals surface area contributed by atoms with E-state index in [1.165, 1.54) is 31.5 Å². The van der Waals surface area contributed by atoms with Crippen LogP contribution in [0.3, 0.4) is 0 Å². The minimum Gasteiger partial charge on any atom is -0.354 e.